The van der Waals surface area contributed by atoms with Crippen molar-refractivity contribution in [1.29, 1.82) is 0 Å². The third-order valence-electron chi connectivity index (χ3n) is 2.92. The molecule has 0 radical (unpaired) electrons. The first kappa shape index (κ1) is 16.3. The van der Waals surface area contributed by atoms with Crippen molar-refractivity contribution in [2.45, 2.75) is 32.4 Å². The van der Waals surface area contributed by atoms with Crippen molar-refractivity contribution in [3.05, 3.63) is 52.6 Å². The molecule has 0 spiro atoms. The SMILES string of the molecule is CC(C)(C)OC(=O)NC1C=CC(=O)/C1=C/c1ccc(Cl)cc1. The lowest BCUT2D eigenvalue weighted by Crippen LogP contribution is -2.38. The van der Waals surface area contributed by atoms with Gasteiger partial charge >= 0.3 is 6.09 Å². The quantitative estimate of drug-likeness (QED) is 0.844. The minimum atomic E-state index is -0.587. The van der Waals surface area contributed by atoms with Crippen LogP contribution in [0.3, 0.4) is 0 Å². The average molecular weight is 320 g/mol. The Morgan fingerprint density at radius 2 is 1.91 bits per heavy atom. The number of carbonyl (C=O) groups is 2. The lowest BCUT2D eigenvalue weighted by molar-refractivity contribution is -0.111. The van der Waals surface area contributed by atoms with Gasteiger partial charge < -0.3 is 10.1 Å². The Bertz CT molecular complexity index is 639. The van der Waals surface area contributed by atoms with Crippen molar-refractivity contribution in [2.75, 3.05) is 0 Å². The first-order valence-electron chi connectivity index (χ1n) is 6.94. The molecule has 0 saturated heterocycles. The second kappa shape index (κ2) is 6.36. The Balaban J connectivity index is 2.14. The molecule has 0 heterocycles. The van der Waals surface area contributed by atoms with Crippen molar-refractivity contribution in [3.63, 3.8) is 0 Å². The summed E-state index contributed by atoms with van der Waals surface area (Å²) in [4.78, 5) is 23.8. The highest BCUT2D eigenvalue weighted by Crippen LogP contribution is 2.20. The molecular formula is C17H18ClNO3. The third-order valence-corrected chi connectivity index (χ3v) is 3.18. The Hall–Kier alpha value is -2.07. The molecule has 1 N–H and O–H groups in total. The summed E-state index contributed by atoms with van der Waals surface area (Å²) in [6, 6.07) is 6.63. The second-order valence-corrected chi connectivity index (χ2v) is 6.43. The summed E-state index contributed by atoms with van der Waals surface area (Å²) in [6.07, 6.45) is 4.28. The number of alkyl carbamates (subject to hydrolysis) is 1. The van der Waals surface area contributed by atoms with Crippen LogP contribution in [0.4, 0.5) is 4.79 Å². The molecule has 1 atom stereocenters. The molecule has 2 rings (SSSR count). The zero-order chi connectivity index (χ0) is 16.3. The highest BCUT2D eigenvalue weighted by atomic mass is 35.5. The van der Waals surface area contributed by atoms with E-state index in [-0.39, 0.29) is 5.78 Å². The molecule has 0 bridgehead atoms. The topological polar surface area (TPSA) is 55.4 Å². The van der Waals surface area contributed by atoms with Crippen LogP contribution in [0.2, 0.25) is 5.02 Å². The number of benzene rings is 1. The smallest absolute Gasteiger partial charge is 0.408 e. The zero-order valence-electron chi connectivity index (χ0n) is 12.7. The summed E-state index contributed by atoms with van der Waals surface area (Å²) in [5.74, 6) is -0.129. The highest BCUT2D eigenvalue weighted by Gasteiger charge is 2.26. The normalized spacial score (nSPS) is 19.5. The van der Waals surface area contributed by atoms with Crippen LogP contribution in [-0.2, 0) is 9.53 Å². The van der Waals surface area contributed by atoms with Gasteiger partial charge in [0.15, 0.2) is 5.78 Å². The number of ether oxygens (including phenoxy) is 1. The molecule has 0 fully saturated rings. The minimum absolute atomic E-state index is 0.129. The van der Waals surface area contributed by atoms with E-state index in [0.717, 1.165) is 5.56 Å². The molecule has 4 nitrogen and oxygen atoms in total. The van der Waals surface area contributed by atoms with Crippen LogP contribution in [0.25, 0.3) is 6.08 Å². The number of halogens is 1. The predicted octanol–water partition coefficient (Wildman–Crippen LogP) is 3.76. The van der Waals surface area contributed by atoms with E-state index in [2.05, 4.69) is 5.32 Å². The van der Waals surface area contributed by atoms with Crippen LogP contribution in [0.1, 0.15) is 26.3 Å². The minimum Gasteiger partial charge on any atom is -0.444 e. The molecule has 0 saturated carbocycles. The van der Waals surface area contributed by atoms with Crippen molar-refractivity contribution in [3.8, 4) is 0 Å². The van der Waals surface area contributed by atoms with E-state index in [1.807, 2.05) is 12.1 Å². The van der Waals surface area contributed by atoms with Crippen LogP contribution in [0.15, 0.2) is 42.0 Å². The van der Waals surface area contributed by atoms with Crippen molar-refractivity contribution in [2.24, 2.45) is 0 Å². The fraction of sp³-hybridized carbons (Fsp3) is 0.294. The van der Waals surface area contributed by atoms with Crippen LogP contribution in [-0.4, -0.2) is 23.5 Å². The summed E-state index contributed by atoms with van der Waals surface area (Å²) >= 11 is 5.84. The number of allylic oxidation sites excluding steroid dienone is 1. The van der Waals surface area contributed by atoms with Crippen LogP contribution in [0.5, 0.6) is 0 Å². The van der Waals surface area contributed by atoms with E-state index in [0.29, 0.717) is 10.6 Å². The molecule has 5 heteroatoms. The maximum absolute atomic E-state index is 11.9. The molecule has 1 aliphatic carbocycles. The fourth-order valence-electron chi connectivity index (χ4n) is 2.00. The standard InChI is InChI=1S/C17H18ClNO3/c1-17(2,3)22-16(21)19-14-8-9-15(20)13(14)10-11-4-6-12(18)7-5-11/h4-10,14H,1-3H3,(H,19,21)/b13-10+. The summed E-state index contributed by atoms with van der Waals surface area (Å²) in [7, 11) is 0. The predicted molar refractivity (Wildman–Crippen MR) is 86.7 cm³/mol. The van der Waals surface area contributed by atoms with Crippen molar-refractivity contribution in [1.82, 2.24) is 5.32 Å². The van der Waals surface area contributed by atoms with E-state index in [1.54, 1.807) is 45.1 Å². The van der Waals surface area contributed by atoms with Gasteiger partial charge in [0, 0.05) is 10.6 Å². The van der Waals surface area contributed by atoms with Gasteiger partial charge in [-0.2, -0.15) is 0 Å². The van der Waals surface area contributed by atoms with Gasteiger partial charge in [0.2, 0.25) is 0 Å². The van der Waals surface area contributed by atoms with Crippen LogP contribution in [0, 0.1) is 0 Å². The molecule has 116 valence electrons. The van der Waals surface area contributed by atoms with Gasteiger partial charge in [-0.1, -0.05) is 29.8 Å². The molecule has 0 aromatic heterocycles. The number of hydrogen-bond acceptors (Lipinski definition) is 3. The summed E-state index contributed by atoms with van der Waals surface area (Å²) in [5.41, 5.74) is 0.747. The van der Waals surface area contributed by atoms with Gasteiger partial charge in [-0.15, -0.1) is 0 Å². The Kier molecular flexibility index (Phi) is 4.71. The summed E-state index contributed by atoms with van der Waals surface area (Å²) in [5, 5.41) is 3.31. The Labute approximate surface area is 134 Å². The molecule has 1 aliphatic rings. The fourth-order valence-corrected chi connectivity index (χ4v) is 2.12. The van der Waals surface area contributed by atoms with Gasteiger partial charge in [0.1, 0.15) is 5.60 Å². The average Bonchev–Trinajstić information content (AvgIpc) is 2.72. The lowest BCUT2D eigenvalue weighted by atomic mass is 10.1. The molecule has 1 amide bonds. The van der Waals surface area contributed by atoms with E-state index >= 15 is 0 Å². The highest BCUT2D eigenvalue weighted by molar-refractivity contribution is 6.30. The number of nitrogens with one attached hydrogen (secondary N) is 1. The van der Waals surface area contributed by atoms with Crippen molar-refractivity contribution >= 4 is 29.6 Å². The van der Waals surface area contributed by atoms with Crippen molar-refractivity contribution < 1.29 is 14.3 Å². The number of rotatable bonds is 2. The molecule has 22 heavy (non-hydrogen) atoms. The van der Waals surface area contributed by atoms with Gasteiger partial charge in [0.05, 0.1) is 6.04 Å². The monoisotopic (exact) mass is 319 g/mol. The van der Waals surface area contributed by atoms with E-state index in [1.165, 1.54) is 6.08 Å². The van der Waals surface area contributed by atoms with E-state index < -0.39 is 17.7 Å². The summed E-state index contributed by atoms with van der Waals surface area (Å²) in [6.45, 7) is 5.35. The third kappa shape index (κ3) is 4.46. The maximum atomic E-state index is 11.9. The first-order valence-corrected chi connectivity index (χ1v) is 7.31. The number of hydrogen-bond donors (Lipinski definition) is 1. The van der Waals surface area contributed by atoms with E-state index in [9.17, 15) is 9.59 Å². The Morgan fingerprint density at radius 1 is 1.27 bits per heavy atom. The number of ketones is 1. The molecule has 0 aliphatic heterocycles. The van der Waals surface area contributed by atoms with Crippen LogP contribution >= 0.6 is 11.6 Å². The molecule has 1 aromatic rings. The largest absolute Gasteiger partial charge is 0.444 e. The molecule has 1 aromatic carbocycles. The maximum Gasteiger partial charge on any atom is 0.408 e. The number of carbonyl (C=O) groups excluding carboxylic acids is 2. The number of amides is 1. The Morgan fingerprint density at radius 3 is 2.50 bits per heavy atom. The zero-order valence-corrected chi connectivity index (χ0v) is 13.5. The van der Waals surface area contributed by atoms with Gasteiger partial charge in [0.25, 0.3) is 0 Å². The first-order chi connectivity index (χ1) is 10.2. The second-order valence-electron chi connectivity index (χ2n) is 6.00. The lowest BCUT2D eigenvalue weighted by Gasteiger charge is -2.21. The summed E-state index contributed by atoms with van der Waals surface area (Å²) < 4.78 is 5.21. The molecule has 1 unspecified atom stereocenters. The van der Waals surface area contributed by atoms with Gasteiger partial charge in [-0.25, -0.2) is 4.79 Å². The van der Waals surface area contributed by atoms with E-state index in [4.69, 9.17) is 16.3 Å². The van der Waals surface area contributed by atoms with Gasteiger partial charge in [-0.3, -0.25) is 4.79 Å². The van der Waals surface area contributed by atoms with Gasteiger partial charge in [-0.05, 0) is 50.6 Å². The van der Waals surface area contributed by atoms with Crippen LogP contribution < -0.4 is 5.32 Å². The molecular weight excluding hydrogens is 302 g/mol.